The number of hydrogen-bond acceptors (Lipinski definition) is 6. The van der Waals surface area contributed by atoms with E-state index in [0.717, 1.165) is 35.5 Å². The third kappa shape index (κ3) is 3.14. The number of hydrogen-bond donors (Lipinski definition) is 1. The SMILES string of the molecule is CCCc1nc(NC[C@@H]2COCCO2)c2cnn(C)c2n1. The van der Waals surface area contributed by atoms with E-state index in [-0.39, 0.29) is 6.10 Å². The highest BCUT2D eigenvalue weighted by Gasteiger charge is 2.16. The lowest BCUT2D eigenvalue weighted by atomic mass is 10.3. The van der Waals surface area contributed by atoms with Crippen LogP contribution in [0.15, 0.2) is 6.20 Å². The topological polar surface area (TPSA) is 74.1 Å². The zero-order chi connectivity index (χ0) is 14.7. The average molecular weight is 291 g/mol. The number of nitrogens with one attached hydrogen (secondary N) is 1. The largest absolute Gasteiger partial charge is 0.376 e. The molecule has 21 heavy (non-hydrogen) atoms. The third-order valence-electron chi connectivity index (χ3n) is 3.49. The van der Waals surface area contributed by atoms with Gasteiger partial charge in [0.15, 0.2) is 5.65 Å². The summed E-state index contributed by atoms with van der Waals surface area (Å²) in [5, 5.41) is 8.57. The summed E-state index contributed by atoms with van der Waals surface area (Å²) in [6.45, 7) is 4.75. The van der Waals surface area contributed by atoms with E-state index < -0.39 is 0 Å². The molecule has 0 aliphatic carbocycles. The summed E-state index contributed by atoms with van der Waals surface area (Å²) in [5.41, 5.74) is 0.858. The molecule has 0 aromatic carbocycles. The summed E-state index contributed by atoms with van der Waals surface area (Å²) in [6, 6.07) is 0. The number of rotatable bonds is 5. The fourth-order valence-corrected chi connectivity index (χ4v) is 2.40. The zero-order valence-corrected chi connectivity index (χ0v) is 12.5. The Kier molecular flexibility index (Phi) is 4.31. The Bertz CT molecular complexity index is 607. The molecule has 3 rings (SSSR count). The molecule has 2 aromatic rings. The van der Waals surface area contributed by atoms with E-state index in [1.165, 1.54) is 0 Å². The summed E-state index contributed by atoms with van der Waals surface area (Å²) in [4.78, 5) is 9.19. The number of fused-ring (bicyclic) bond motifs is 1. The van der Waals surface area contributed by atoms with Crippen LogP contribution >= 0.6 is 0 Å². The fourth-order valence-electron chi connectivity index (χ4n) is 2.40. The van der Waals surface area contributed by atoms with Crippen LogP contribution in [0.25, 0.3) is 11.0 Å². The Morgan fingerprint density at radius 1 is 1.38 bits per heavy atom. The minimum Gasteiger partial charge on any atom is -0.376 e. The monoisotopic (exact) mass is 291 g/mol. The molecule has 0 bridgehead atoms. The molecule has 1 N–H and O–H groups in total. The van der Waals surface area contributed by atoms with Crippen LogP contribution in [0.2, 0.25) is 0 Å². The van der Waals surface area contributed by atoms with E-state index in [4.69, 9.17) is 9.47 Å². The lowest BCUT2D eigenvalue weighted by Crippen LogP contribution is -2.34. The lowest BCUT2D eigenvalue weighted by Gasteiger charge is -2.23. The highest BCUT2D eigenvalue weighted by atomic mass is 16.6. The van der Waals surface area contributed by atoms with Crippen molar-refractivity contribution in [3.63, 3.8) is 0 Å². The van der Waals surface area contributed by atoms with E-state index in [1.807, 2.05) is 7.05 Å². The van der Waals surface area contributed by atoms with Gasteiger partial charge in [0.1, 0.15) is 11.6 Å². The Morgan fingerprint density at radius 3 is 3.05 bits per heavy atom. The van der Waals surface area contributed by atoms with Gasteiger partial charge in [0, 0.05) is 20.0 Å². The van der Waals surface area contributed by atoms with Crippen LogP contribution in [0.4, 0.5) is 5.82 Å². The smallest absolute Gasteiger partial charge is 0.163 e. The predicted molar refractivity (Wildman–Crippen MR) is 79.3 cm³/mol. The van der Waals surface area contributed by atoms with Crippen LogP contribution < -0.4 is 5.32 Å². The van der Waals surface area contributed by atoms with Gasteiger partial charge in [0.25, 0.3) is 0 Å². The Balaban J connectivity index is 1.81. The first kappa shape index (κ1) is 14.2. The number of aromatic nitrogens is 4. The van der Waals surface area contributed by atoms with Crippen LogP contribution in [-0.2, 0) is 22.9 Å². The number of anilines is 1. The van der Waals surface area contributed by atoms with Crippen molar-refractivity contribution in [3.8, 4) is 0 Å². The van der Waals surface area contributed by atoms with Gasteiger partial charge in [0.05, 0.1) is 37.5 Å². The molecule has 1 saturated heterocycles. The molecule has 1 atom stereocenters. The summed E-state index contributed by atoms with van der Waals surface area (Å²) in [7, 11) is 1.90. The van der Waals surface area contributed by atoms with Gasteiger partial charge in [-0.25, -0.2) is 9.97 Å². The van der Waals surface area contributed by atoms with E-state index in [1.54, 1.807) is 10.9 Å². The Morgan fingerprint density at radius 2 is 2.29 bits per heavy atom. The molecule has 7 heteroatoms. The van der Waals surface area contributed by atoms with Crippen molar-refractivity contribution in [1.82, 2.24) is 19.7 Å². The van der Waals surface area contributed by atoms with Crippen LogP contribution in [0.3, 0.4) is 0 Å². The first-order valence-electron chi connectivity index (χ1n) is 7.39. The Hall–Kier alpha value is -1.73. The van der Waals surface area contributed by atoms with Crippen molar-refractivity contribution in [2.75, 3.05) is 31.7 Å². The third-order valence-corrected chi connectivity index (χ3v) is 3.49. The van der Waals surface area contributed by atoms with E-state index >= 15 is 0 Å². The average Bonchev–Trinajstić information content (AvgIpc) is 2.88. The van der Waals surface area contributed by atoms with Gasteiger partial charge in [0.2, 0.25) is 0 Å². The van der Waals surface area contributed by atoms with E-state index in [9.17, 15) is 0 Å². The molecule has 0 saturated carbocycles. The second-order valence-corrected chi connectivity index (χ2v) is 5.19. The minimum atomic E-state index is 0.0649. The molecule has 3 heterocycles. The van der Waals surface area contributed by atoms with Crippen molar-refractivity contribution in [2.45, 2.75) is 25.9 Å². The second kappa shape index (κ2) is 6.36. The van der Waals surface area contributed by atoms with Crippen LogP contribution in [0.1, 0.15) is 19.2 Å². The lowest BCUT2D eigenvalue weighted by molar-refractivity contribution is -0.0819. The van der Waals surface area contributed by atoms with Crippen LogP contribution in [0, 0.1) is 0 Å². The van der Waals surface area contributed by atoms with Gasteiger partial charge in [-0.3, -0.25) is 4.68 Å². The zero-order valence-electron chi connectivity index (χ0n) is 12.5. The van der Waals surface area contributed by atoms with Gasteiger partial charge < -0.3 is 14.8 Å². The minimum absolute atomic E-state index is 0.0649. The summed E-state index contributed by atoms with van der Waals surface area (Å²) < 4.78 is 12.8. The maximum atomic E-state index is 5.64. The van der Waals surface area contributed by atoms with E-state index in [0.29, 0.717) is 26.4 Å². The quantitative estimate of drug-likeness (QED) is 0.890. The fraction of sp³-hybridized carbons (Fsp3) is 0.643. The molecule has 1 aliphatic heterocycles. The summed E-state index contributed by atoms with van der Waals surface area (Å²) >= 11 is 0. The first-order valence-corrected chi connectivity index (χ1v) is 7.39. The maximum Gasteiger partial charge on any atom is 0.163 e. The Labute approximate surface area is 123 Å². The van der Waals surface area contributed by atoms with Gasteiger partial charge in [-0.1, -0.05) is 6.92 Å². The van der Waals surface area contributed by atoms with Crippen molar-refractivity contribution >= 4 is 16.9 Å². The molecule has 1 fully saturated rings. The van der Waals surface area contributed by atoms with Crippen LogP contribution in [0.5, 0.6) is 0 Å². The van der Waals surface area contributed by atoms with Crippen molar-refractivity contribution < 1.29 is 9.47 Å². The molecule has 2 aromatic heterocycles. The molecular weight excluding hydrogens is 270 g/mol. The standard InChI is InChI=1S/C14H21N5O2/c1-3-4-12-17-13(11-8-16-19(2)14(11)18-12)15-7-10-9-20-5-6-21-10/h8,10H,3-7,9H2,1-2H3,(H,15,17,18)/t10-/m1/s1. The summed E-state index contributed by atoms with van der Waals surface area (Å²) in [6.07, 6.45) is 3.74. The van der Waals surface area contributed by atoms with Crippen molar-refractivity contribution in [3.05, 3.63) is 12.0 Å². The molecule has 0 unspecified atom stereocenters. The molecule has 1 aliphatic rings. The predicted octanol–water partition coefficient (Wildman–Crippen LogP) is 1.14. The van der Waals surface area contributed by atoms with Crippen molar-refractivity contribution in [2.24, 2.45) is 7.05 Å². The maximum absolute atomic E-state index is 5.64. The van der Waals surface area contributed by atoms with Gasteiger partial charge >= 0.3 is 0 Å². The number of nitrogens with zero attached hydrogens (tertiary/aromatic N) is 4. The highest BCUT2D eigenvalue weighted by molar-refractivity contribution is 5.86. The molecule has 0 amide bonds. The summed E-state index contributed by atoms with van der Waals surface area (Å²) in [5.74, 6) is 1.67. The van der Waals surface area contributed by atoms with Gasteiger partial charge in [-0.2, -0.15) is 5.10 Å². The molecular formula is C14H21N5O2. The van der Waals surface area contributed by atoms with Crippen molar-refractivity contribution in [1.29, 1.82) is 0 Å². The highest BCUT2D eigenvalue weighted by Crippen LogP contribution is 2.20. The normalized spacial score (nSPS) is 19.0. The molecule has 0 spiro atoms. The van der Waals surface area contributed by atoms with E-state index in [2.05, 4.69) is 27.3 Å². The second-order valence-electron chi connectivity index (χ2n) is 5.19. The molecule has 7 nitrogen and oxygen atoms in total. The molecule has 114 valence electrons. The molecule has 0 radical (unpaired) electrons. The first-order chi connectivity index (χ1) is 10.3. The number of ether oxygens (including phenoxy) is 2. The van der Waals surface area contributed by atoms with Gasteiger partial charge in [-0.05, 0) is 6.42 Å². The van der Waals surface area contributed by atoms with Crippen LogP contribution in [-0.4, -0.2) is 52.2 Å². The van der Waals surface area contributed by atoms with Gasteiger partial charge in [-0.15, -0.1) is 0 Å². The number of aryl methyl sites for hydroxylation is 2.